The van der Waals surface area contributed by atoms with Crippen LogP contribution >= 0.6 is 0 Å². The standard InChI is InChI=1S/C13H13F2N3/c1-8-7-9(5-6-17-8)13(18-16)10-3-2-4-11(14)12(10)15/h2-7,13,18H,16H2,1H3. The van der Waals surface area contributed by atoms with Crippen molar-refractivity contribution in [2.45, 2.75) is 13.0 Å². The molecule has 0 bridgehead atoms. The molecule has 1 aromatic heterocycles. The van der Waals surface area contributed by atoms with E-state index < -0.39 is 17.7 Å². The summed E-state index contributed by atoms with van der Waals surface area (Å²) in [5.41, 5.74) is 4.18. The maximum Gasteiger partial charge on any atom is 0.163 e. The van der Waals surface area contributed by atoms with Crippen LogP contribution < -0.4 is 11.3 Å². The predicted molar refractivity (Wildman–Crippen MR) is 64.5 cm³/mol. The highest BCUT2D eigenvalue weighted by molar-refractivity contribution is 5.33. The number of nitrogens with one attached hydrogen (secondary N) is 1. The van der Waals surface area contributed by atoms with Crippen LogP contribution in [0.2, 0.25) is 0 Å². The van der Waals surface area contributed by atoms with Gasteiger partial charge in [-0.25, -0.2) is 14.2 Å². The van der Waals surface area contributed by atoms with Gasteiger partial charge in [-0.1, -0.05) is 12.1 Å². The molecule has 2 aromatic rings. The van der Waals surface area contributed by atoms with E-state index in [1.807, 2.05) is 6.92 Å². The highest BCUT2D eigenvalue weighted by Gasteiger charge is 2.18. The highest BCUT2D eigenvalue weighted by atomic mass is 19.2. The lowest BCUT2D eigenvalue weighted by molar-refractivity contribution is 0.483. The summed E-state index contributed by atoms with van der Waals surface area (Å²) in [6.45, 7) is 1.82. The fourth-order valence-corrected chi connectivity index (χ4v) is 1.86. The van der Waals surface area contributed by atoms with Crippen LogP contribution in [0, 0.1) is 18.6 Å². The highest BCUT2D eigenvalue weighted by Crippen LogP contribution is 2.25. The van der Waals surface area contributed by atoms with E-state index in [1.54, 1.807) is 18.3 Å². The molecule has 94 valence electrons. The Balaban J connectivity index is 2.49. The largest absolute Gasteiger partial charge is 0.271 e. The van der Waals surface area contributed by atoms with E-state index in [9.17, 15) is 8.78 Å². The van der Waals surface area contributed by atoms with Crippen LogP contribution in [-0.2, 0) is 0 Å². The van der Waals surface area contributed by atoms with Crippen molar-refractivity contribution in [2.24, 2.45) is 5.84 Å². The lowest BCUT2D eigenvalue weighted by atomic mass is 9.99. The zero-order valence-electron chi connectivity index (χ0n) is 9.82. The van der Waals surface area contributed by atoms with Gasteiger partial charge >= 0.3 is 0 Å². The maximum atomic E-state index is 13.7. The van der Waals surface area contributed by atoms with E-state index in [1.165, 1.54) is 12.1 Å². The number of nitrogens with zero attached hydrogens (tertiary/aromatic N) is 1. The van der Waals surface area contributed by atoms with E-state index in [-0.39, 0.29) is 5.56 Å². The van der Waals surface area contributed by atoms with Gasteiger partial charge in [-0.15, -0.1) is 0 Å². The minimum absolute atomic E-state index is 0.170. The van der Waals surface area contributed by atoms with Crippen LogP contribution in [0.4, 0.5) is 8.78 Å². The SMILES string of the molecule is Cc1cc(C(NN)c2cccc(F)c2F)ccn1. The van der Waals surface area contributed by atoms with E-state index >= 15 is 0 Å². The second-order valence-electron chi connectivity index (χ2n) is 3.97. The molecule has 3 nitrogen and oxygen atoms in total. The average Bonchev–Trinajstić information content (AvgIpc) is 2.35. The molecule has 0 spiro atoms. The predicted octanol–water partition coefficient (Wildman–Crippen LogP) is 2.22. The van der Waals surface area contributed by atoms with Gasteiger partial charge in [0.15, 0.2) is 11.6 Å². The van der Waals surface area contributed by atoms with E-state index in [0.717, 1.165) is 17.3 Å². The molecule has 3 N–H and O–H groups in total. The summed E-state index contributed by atoms with van der Waals surface area (Å²) in [6, 6.07) is 6.90. The normalized spacial score (nSPS) is 12.4. The third-order valence-electron chi connectivity index (χ3n) is 2.71. The van der Waals surface area contributed by atoms with Crippen molar-refractivity contribution in [3.63, 3.8) is 0 Å². The summed E-state index contributed by atoms with van der Waals surface area (Å²) >= 11 is 0. The van der Waals surface area contributed by atoms with Crippen LogP contribution in [-0.4, -0.2) is 4.98 Å². The number of aromatic nitrogens is 1. The zero-order chi connectivity index (χ0) is 13.1. The Kier molecular flexibility index (Phi) is 3.64. The molecule has 0 radical (unpaired) electrons. The van der Waals surface area contributed by atoms with E-state index in [2.05, 4.69) is 10.4 Å². The van der Waals surface area contributed by atoms with Crippen molar-refractivity contribution in [3.05, 3.63) is 65.0 Å². The summed E-state index contributed by atoms with van der Waals surface area (Å²) in [5, 5.41) is 0. The second kappa shape index (κ2) is 5.20. The van der Waals surface area contributed by atoms with Crippen LogP contribution in [0.1, 0.15) is 22.9 Å². The first-order valence-electron chi connectivity index (χ1n) is 5.46. The summed E-state index contributed by atoms with van der Waals surface area (Å²) < 4.78 is 27.0. The number of aryl methyl sites for hydroxylation is 1. The Labute approximate surface area is 104 Å². The Morgan fingerprint density at radius 2 is 2.06 bits per heavy atom. The molecule has 0 aliphatic rings. The molecule has 1 heterocycles. The fraction of sp³-hybridized carbons (Fsp3) is 0.154. The number of pyridine rings is 1. The molecule has 0 fully saturated rings. The van der Waals surface area contributed by atoms with Crippen molar-refractivity contribution in [1.29, 1.82) is 0 Å². The third-order valence-corrected chi connectivity index (χ3v) is 2.71. The molecule has 0 aliphatic heterocycles. The second-order valence-corrected chi connectivity index (χ2v) is 3.97. The third kappa shape index (κ3) is 2.37. The molecule has 5 heteroatoms. The van der Waals surface area contributed by atoms with Crippen molar-refractivity contribution in [1.82, 2.24) is 10.4 Å². The van der Waals surface area contributed by atoms with E-state index in [4.69, 9.17) is 5.84 Å². The van der Waals surface area contributed by atoms with Crippen LogP contribution in [0.5, 0.6) is 0 Å². The summed E-state index contributed by atoms with van der Waals surface area (Å²) in [5.74, 6) is 3.66. The fourth-order valence-electron chi connectivity index (χ4n) is 1.86. The molecular weight excluding hydrogens is 236 g/mol. The number of benzene rings is 1. The number of hydrogen-bond acceptors (Lipinski definition) is 3. The first-order chi connectivity index (χ1) is 8.63. The van der Waals surface area contributed by atoms with Crippen molar-refractivity contribution in [2.75, 3.05) is 0 Å². The monoisotopic (exact) mass is 249 g/mol. The number of halogens is 2. The average molecular weight is 249 g/mol. The first kappa shape index (κ1) is 12.6. The Hall–Kier alpha value is -1.85. The minimum Gasteiger partial charge on any atom is -0.271 e. The molecular formula is C13H13F2N3. The molecule has 18 heavy (non-hydrogen) atoms. The van der Waals surface area contributed by atoms with Crippen LogP contribution in [0.3, 0.4) is 0 Å². The van der Waals surface area contributed by atoms with Gasteiger partial charge < -0.3 is 0 Å². The molecule has 0 amide bonds. The Morgan fingerprint density at radius 3 is 2.72 bits per heavy atom. The summed E-state index contributed by atoms with van der Waals surface area (Å²) in [6.07, 6.45) is 1.60. The number of hydrazine groups is 1. The number of nitrogens with two attached hydrogens (primary N) is 1. The number of rotatable bonds is 3. The van der Waals surface area contributed by atoms with Crippen LogP contribution in [0.25, 0.3) is 0 Å². The number of hydrogen-bond donors (Lipinski definition) is 2. The summed E-state index contributed by atoms with van der Waals surface area (Å²) in [7, 11) is 0. The van der Waals surface area contributed by atoms with Gasteiger partial charge in [0.25, 0.3) is 0 Å². The van der Waals surface area contributed by atoms with E-state index in [0.29, 0.717) is 0 Å². The van der Waals surface area contributed by atoms with Gasteiger partial charge in [0.05, 0.1) is 6.04 Å². The van der Waals surface area contributed by atoms with Gasteiger partial charge in [0.2, 0.25) is 0 Å². The smallest absolute Gasteiger partial charge is 0.163 e. The molecule has 0 aliphatic carbocycles. The maximum absolute atomic E-state index is 13.7. The molecule has 0 saturated heterocycles. The topological polar surface area (TPSA) is 50.9 Å². The van der Waals surface area contributed by atoms with Gasteiger partial charge in [0.1, 0.15) is 0 Å². The van der Waals surface area contributed by atoms with Gasteiger partial charge in [-0.2, -0.15) is 0 Å². The van der Waals surface area contributed by atoms with Crippen molar-refractivity contribution in [3.8, 4) is 0 Å². The lowest BCUT2D eigenvalue weighted by Crippen LogP contribution is -2.29. The first-order valence-corrected chi connectivity index (χ1v) is 5.46. The molecule has 1 unspecified atom stereocenters. The Morgan fingerprint density at radius 1 is 1.28 bits per heavy atom. The summed E-state index contributed by atoms with van der Waals surface area (Å²) in [4.78, 5) is 4.05. The molecule has 1 aromatic carbocycles. The van der Waals surface area contributed by atoms with Crippen LogP contribution in [0.15, 0.2) is 36.5 Å². The van der Waals surface area contributed by atoms with Crippen molar-refractivity contribution < 1.29 is 8.78 Å². The van der Waals surface area contributed by atoms with Gasteiger partial charge in [0, 0.05) is 17.5 Å². The van der Waals surface area contributed by atoms with Gasteiger partial charge in [-0.3, -0.25) is 10.8 Å². The van der Waals surface area contributed by atoms with Gasteiger partial charge in [-0.05, 0) is 30.7 Å². The quantitative estimate of drug-likeness (QED) is 0.647. The Bertz CT molecular complexity index is 558. The zero-order valence-corrected chi connectivity index (χ0v) is 9.82. The molecule has 0 saturated carbocycles. The molecule has 1 atom stereocenters. The minimum atomic E-state index is -0.894. The molecule has 2 rings (SSSR count). The van der Waals surface area contributed by atoms with Crippen molar-refractivity contribution >= 4 is 0 Å². The lowest BCUT2D eigenvalue weighted by Gasteiger charge is -2.18.